The number of aliphatic hydroxyl groups is 2. The van der Waals surface area contributed by atoms with Crippen molar-refractivity contribution in [3.05, 3.63) is 34.9 Å². The monoisotopic (exact) mass is 530 g/mol. The number of esters is 2. The highest BCUT2D eigenvalue weighted by atomic mass is 16.6. The molecule has 3 unspecified atom stereocenters. The van der Waals surface area contributed by atoms with Crippen molar-refractivity contribution < 1.29 is 29.3 Å². The van der Waals surface area contributed by atoms with Crippen LogP contribution in [0.2, 0.25) is 0 Å². The first-order chi connectivity index (χ1) is 18.3. The van der Waals surface area contributed by atoms with Gasteiger partial charge in [-0.15, -0.1) is 0 Å². The van der Waals surface area contributed by atoms with E-state index in [1.807, 2.05) is 6.92 Å². The summed E-state index contributed by atoms with van der Waals surface area (Å²) in [6, 6.07) is 6.38. The van der Waals surface area contributed by atoms with Crippen LogP contribution in [0.3, 0.4) is 0 Å². The highest BCUT2D eigenvalue weighted by Crippen LogP contribution is 2.47. The molecule has 1 aromatic carbocycles. The van der Waals surface area contributed by atoms with Crippen molar-refractivity contribution in [3.63, 3.8) is 0 Å². The van der Waals surface area contributed by atoms with Gasteiger partial charge in [0.1, 0.15) is 6.10 Å². The largest absolute Gasteiger partial charge is 0.466 e. The molecule has 0 saturated heterocycles. The number of ether oxygens (including phenoxy) is 2. The number of hydrogen-bond donors (Lipinski definition) is 2. The maximum atomic E-state index is 12.5. The van der Waals surface area contributed by atoms with Gasteiger partial charge in [0.05, 0.1) is 25.2 Å². The van der Waals surface area contributed by atoms with E-state index in [4.69, 9.17) is 9.47 Å². The summed E-state index contributed by atoms with van der Waals surface area (Å²) in [7, 11) is 0. The lowest BCUT2D eigenvalue weighted by Crippen LogP contribution is -2.28. The minimum absolute atomic E-state index is 0.0819. The predicted octanol–water partition coefficient (Wildman–Crippen LogP) is 5.72. The van der Waals surface area contributed by atoms with E-state index in [0.717, 1.165) is 70.6 Å². The van der Waals surface area contributed by atoms with Crippen LogP contribution in [0.1, 0.15) is 108 Å². The Labute approximate surface area is 229 Å². The van der Waals surface area contributed by atoms with E-state index in [0.29, 0.717) is 24.9 Å². The Balaban J connectivity index is 1.50. The Kier molecular flexibility index (Phi) is 12.6. The van der Waals surface area contributed by atoms with E-state index in [-0.39, 0.29) is 42.9 Å². The van der Waals surface area contributed by atoms with Crippen molar-refractivity contribution in [2.24, 2.45) is 17.8 Å². The van der Waals surface area contributed by atoms with Crippen LogP contribution < -0.4 is 0 Å². The molecule has 6 nitrogen and oxygen atoms in total. The molecule has 2 aliphatic rings. The number of aliphatic hydroxyl groups excluding tert-OH is 2. The van der Waals surface area contributed by atoms with E-state index in [1.54, 1.807) is 6.92 Å². The average molecular weight is 531 g/mol. The van der Waals surface area contributed by atoms with Gasteiger partial charge in [0, 0.05) is 6.42 Å². The molecule has 6 heteroatoms. The van der Waals surface area contributed by atoms with Crippen LogP contribution in [0.15, 0.2) is 18.2 Å². The fraction of sp³-hybridized carbons (Fsp3) is 0.750. The molecule has 0 spiro atoms. The highest BCUT2D eigenvalue weighted by Gasteiger charge is 2.44. The van der Waals surface area contributed by atoms with Gasteiger partial charge in [-0.3, -0.25) is 9.59 Å². The van der Waals surface area contributed by atoms with Crippen LogP contribution in [-0.2, 0) is 38.3 Å². The van der Waals surface area contributed by atoms with E-state index < -0.39 is 6.10 Å². The maximum absolute atomic E-state index is 12.5. The van der Waals surface area contributed by atoms with Gasteiger partial charge in [-0.2, -0.15) is 0 Å². The summed E-state index contributed by atoms with van der Waals surface area (Å²) in [5.41, 5.74) is 3.86. The van der Waals surface area contributed by atoms with Crippen molar-refractivity contribution in [2.45, 2.75) is 129 Å². The van der Waals surface area contributed by atoms with Crippen molar-refractivity contribution in [2.75, 3.05) is 6.61 Å². The third-order valence-electron chi connectivity index (χ3n) is 8.61. The zero-order chi connectivity index (χ0) is 27.5. The SMILES string of the molecule is CCCCC[C@H](O)CCC1C2Cc3cccc(CCC(=O)OC(C)CC(=O)OCCCC)c3C[C@H]2C[C@H]1O. The summed E-state index contributed by atoms with van der Waals surface area (Å²) in [6.07, 6.45) is 10.4. The fourth-order valence-corrected chi connectivity index (χ4v) is 6.49. The third kappa shape index (κ3) is 9.08. The molecule has 1 aromatic rings. The number of carbonyl (C=O) groups is 2. The van der Waals surface area contributed by atoms with Crippen molar-refractivity contribution >= 4 is 11.9 Å². The van der Waals surface area contributed by atoms with E-state index in [2.05, 4.69) is 25.1 Å². The van der Waals surface area contributed by atoms with Gasteiger partial charge in [-0.25, -0.2) is 0 Å². The zero-order valence-corrected chi connectivity index (χ0v) is 23.8. The molecule has 6 atom stereocenters. The second-order valence-electron chi connectivity index (χ2n) is 11.7. The number of carbonyl (C=O) groups excluding carboxylic acids is 2. The number of unbranched alkanes of at least 4 members (excludes halogenated alkanes) is 3. The molecule has 0 bridgehead atoms. The molecule has 0 amide bonds. The number of rotatable bonds is 16. The lowest BCUT2D eigenvalue weighted by Gasteiger charge is -2.33. The number of aryl methyl sites for hydroxylation is 1. The summed E-state index contributed by atoms with van der Waals surface area (Å²) >= 11 is 0. The highest BCUT2D eigenvalue weighted by molar-refractivity contribution is 5.72. The van der Waals surface area contributed by atoms with Crippen LogP contribution in [0, 0.1) is 17.8 Å². The molecule has 38 heavy (non-hydrogen) atoms. The molecule has 3 rings (SSSR count). The Bertz CT molecular complexity index is 883. The molecular weight excluding hydrogens is 480 g/mol. The van der Waals surface area contributed by atoms with Crippen molar-refractivity contribution in [1.82, 2.24) is 0 Å². The Hall–Kier alpha value is -1.92. The zero-order valence-electron chi connectivity index (χ0n) is 23.8. The minimum Gasteiger partial charge on any atom is -0.466 e. The smallest absolute Gasteiger partial charge is 0.309 e. The lowest BCUT2D eigenvalue weighted by molar-refractivity contribution is -0.154. The summed E-state index contributed by atoms with van der Waals surface area (Å²) in [5, 5.41) is 21.3. The first kappa shape index (κ1) is 30.6. The minimum atomic E-state index is -0.496. The average Bonchev–Trinajstić information content (AvgIpc) is 3.18. The quantitative estimate of drug-likeness (QED) is 0.210. The third-order valence-corrected chi connectivity index (χ3v) is 8.61. The van der Waals surface area contributed by atoms with Crippen LogP contribution in [0.25, 0.3) is 0 Å². The topological polar surface area (TPSA) is 93.1 Å². The molecule has 1 fully saturated rings. The molecular formula is C32H50O6. The normalized spacial score (nSPS) is 23.8. The summed E-state index contributed by atoms with van der Waals surface area (Å²) in [4.78, 5) is 24.4. The second kappa shape index (κ2) is 15.6. The molecule has 1 saturated carbocycles. The second-order valence-corrected chi connectivity index (χ2v) is 11.7. The number of fused-ring (bicyclic) bond motifs is 2. The van der Waals surface area contributed by atoms with Crippen molar-refractivity contribution in [3.8, 4) is 0 Å². The summed E-state index contributed by atoms with van der Waals surface area (Å²) < 4.78 is 10.6. The van der Waals surface area contributed by atoms with Gasteiger partial charge >= 0.3 is 11.9 Å². The predicted molar refractivity (Wildman–Crippen MR) is 149 cm³/mol. The molecule has 2 aliphatic carbocycles. The van der Waals surface area contributed by atoms with Crippen LogP contribution in [0.4, 0.5) is 0 Å². The molecule has 0 radical (unpaired) electrons. The molecule has 0 heterocycles. The van der Waals surface area contributed by atoms with E-state index in [9.17, 15) is 19.8 Å². The van der Waals surface area contributed by atoms with Gasteiger partial charge in [-0.05, 0) is 92.7 Å². The van der Waals surface area contributed by atoms with E-state index >= 15 is 0 Å². The Morgan fingerprint density at radius 3 is 2.61 bits per heavy atom. The molecule has 0 aromatic heterocycles. The van der Waals surface area contributed by atoms with Crippen LogP contribution in [0.5, 0.6) is 0 Å². The summed E-state index contributed by atoms with van der Waals surface area (Å²) in [5.74, 6) is 0.542. The van der Waals surface area contributed by atoms with Crippen LogP contribution in [-0.4, -0.2) is 47.1 Å². The maximum Gasteiger partial charge on any atom is 0.309 e. The molecule has 0 aliphatic heterocycles. The van der Waals surface area contributed by atoms with Gasteiger partial charge < -0.3 is 19.7 Å². The first-order valence-corrected chi connectivity index (χ1v) is 15.1. The standard InChI is InChI=1S/C32H50O6/c1-4-6-8-12-26(33)14-15-27-29-19-24-11-9-10-23(28(24)20-25(29)21-30(27)34)13-16-31(35)38-22(3)18-32(36)37-17-7-5-2/h9-11,22,25-27,29-30,33-34H,4-8,12-21H2,1-3H3/t22?,25-,26-,27?,29?,30+/m0/s1. The van der Waals surface area contributed by atoms with Gasteiger partial charge in [0.15, 0.2) is 0 Å². The summed E-state index contributed by atoms with van der Waals surface area (Å²) in [6.45, 7) is 6.36. The van der Waals surface area contributed by atoms with Crippen LogP contribution >= 0.6 is 0 Å². The number of benzene rings is 1. The number of hydrogen-bond acceptors (Lipinski definition) is 6. The van der Waals surface area contributed by atoms with Crippen molar-refractivity contribution in [1.29, 1.82) is 0 Å². The molecule has 2 N–H and O–H groups in total. The first-order valence-electron chi connectivity index (χ1n) is 15.1. The van der Waals surface area contributed by atoms with Gasteiger partial charge in [0.25, 0.3) is 0 Å². The Morgan fingerprint density at radius 1 is 1.05 bits per heavy atom. The lowest BCUT2D eigenvalue weighted by atomic mass is 9.72. The van der Waals surface area contributed by atoms with E-state index in [1.165, 1.54) is 16.7 Å². The molecule has 214 valence electrons. The van der Waals surface area contributed by atoms with Gasteiger partial charge in [0.2, 0.25) is 0 Å². The Morgan fingerprint density at radius 2 is 1.84 bits per heavy atom. The van der Waals surface area contributed by atoms with Gasteiger partial charge in [-0.1, -0.05) is 57.7 Å². The fourth-order valence-electron chi connectivity index (χ4n) is 6.49.